The van der Waals surface area contributed by atoms with Crippen LogP contribution in [0.5, 0.6) is 0 Å². The molecule has 1 saturated heterocycles. The molecule has 1 aliphatic heterocycles. The molecule has 1 aromatic heterocycles. The van der Waals surface area contributed by atoms with Crippen molar-refractivity contribution in [1.82, 2.24) is 15.1 Å². The molecule has 1 saturated carbocycles. The van der Waals surface area contributed by atoms with Crippen LogP contribution < -0.4 is 5.32 Å². The number of piperazine rings is 1. The van der Waals surface area contributed by atoms with Gasteiger partial charge in [0, 0.05) is 39.1 Å². The monoisotopic (exact) mass is 351 g/mol. The first-order chi connectivity index (χ1) is 11.5. The molecule has 7 heteroatoms. The van der Waals surface area contributed by atoms with Gasteiger partial charge in [-0.25, -0.2) is 0 Å². The molecule has 0 radical (unpaired) electrons. The maximum absolute atomic E-state index is 12.4. The summed E-state index contributed by atoms with van der Waals surface area (Å²) in [6, 6.07) is 1.80. The number of nitrogens with zero attached hydrogens (tertiary/aromatic N) is 2. The Morgan fingerprint density at radius 3 is 2.54 bits per heavy atom. The van der Waals surface area contributed by atoms with Crippen molar-refractivity contribution in [2.75, 3.05) is 26.2 Å². The quantitative estimate of drug-likeness (QED) is 0.847. The summed E-state index contributed by atoms with van der Waals surface area (Å²) in [7, 11) is 0. The summed E-state index contributed by atoms with van der Waals surface area (Å²) >= 11 is 1.43. The third-order valence-electron chi connectivity index (χ3n) is 5.19. The summed E-state index contributed by atoms with van der Waals surface area (Å²) in [5.41, 5.74) is 0.974. The van der Waals surface area contributed by atoms with E-state index in [4.69, 9.17) is 0 Å². The first kappa shape index (κ1) is 17.4. The number of hydrogen-bond donors (Lipinski definition) is 2. The zero-order valence-electron chi connectivity index (χ0n) is 14.2. The number of hydrogen-bond acceptors (Lipinski definition) is 5. The number of nitrogens with one attached hydrogen (secondary N) is 1. The molecule has 2 aliphatic rings. The average Bonchev–Trinajstić information content (AvgIpc) is 3.14. The highest BCUT2D eigenvalue weighted by Crippen LogP contribution is 2.27. The Morgan fingerprint density at radius 2 is 1.96 bits per heavy atom. The van der Waals surface area contributed by atoms with Crippen molar-refractivity contribution in [3.05, 3.63) is 21.9 Å². The highest BCUT2D eigenvalue weighted by Gasteiger charge is 2.40. The van der Waals surface area contributed by atoms with E-state index < -0.39 is 6.10 Å². The molecule has 2 heterocycles. The topological polar surface area (TPSA) is 72.9 Å². The third-order valence-corrected chi connectivity index (χ3v) is 6.21. The van der Waals surface area contributed by atoms with Crippen molar-refractivity contribution in [2.24, 2.45) is 0 Å². The summed E-state index contributed by atoms with van der Waals surface area (Å²) in [5, 5.41) is 15.6. The van der Waals surface area contributed by atoms with Gasteiger partial charge >= 0.3 is 0 Å². The standard InChI is InChI=1S/C17H25N3O3S/c1-11-5-10-24-16(11)17(23)18-13-3-4-14(15(13)22)20-8-6-19(7-9-20)12(2)21/h5,10,13-15,22H,3-4,6-9H2,1-2H3,(H,18,23)/t13-,14-,15-/m1/s1. The van der Waals surface area contributed by atoms with Crippen LogP contribution in [-0.4, -0.2) is 71.1 Å². The number of rotatable bonds is 3. The molecule has 2 N–H and O–H groups in total. The predicted octanol–water partition coefficient (Wildman–Crippen LogP) is 0.842. The van der Waals surface area contributed by atoms with Crippen LogP contribution >= 0.6 is 11.3 Å². The van der Waals surface area contributed by atoms with Gasteiger partial charge in [0.05, 0.1) is 17.0 Å². The lowest BCUT2D eigenvalue weighted by molar-refractivity contribution is -0.131. The highest BCUT2D eigenvalue weighted by atomic mass is 32.1. The van der Waals surface area contributed by atoms with E-state index in [2.05, 4.69) is 10.2 Å². The minimum atomic E-state index is -0.557. The number of carbonyl (C=O) groups is 2. The van der Waals surface area contributed by atoms with Gasteiger partial charge in [-0.3, -0.25) is 14.5 Å². The van der Waals surface area contributed by atoms with Gasteiger partial charge in [0.1, 0.15) is 0 Å². The van der Waals surface area contributed by atoms with Crippen LogP contribution in [0.2, 0.25) is 0 Å². The number of carbonyl (C=O) groups excluding carboxylic acids is 2. The van der Waals surface area contributed by atoms with Gasteiger partial charge in [-0.05, 0) is 36.8 Å². The zero-order valence-corrected chi connectivity index (χ0v) is 15.0. The Morgan fingerprint density at radius 1 is 1.25 bits per heavy atom. The van der Waals surface area contributed by atoms with E-state index in [0.29, 0.717) is 13.1 Å². The van der Waals surface area contributed by atoms with Crippen LogP contribution in [0, 0.1) is 6.92 Å². The molecular formula is C17H25N3O3S. The molecule has 0 spiro atoms. The Kier molecular flexibility index (Phi) is 5.22. The van der Waals surface area contributed by atoms with Gasteiger partial charge in [-0.2, -0.15) is 0 Å². The molecule has 6 nitrogen and oxygen atoms in total. The summed E-state index contributed by atoms with van der Waals surface area (Å²) in [6.45, 7) is 6.51. The van der Waals surface area contributed by atoms with Crippen molar-refractivity contribution in [1.29, 1.82) is 0 Å². The van der Waals surface area contributed by atoms with E-state index >= 15 is 0 Å². The molecule has 24 heavy (non-hydrogen) atoms. The number of aliphatic hydroxyl groups excluding tert-OH is 1. The van der Waals surface area contributed by atoms with Crippen LogP contribution in [0.1, 0.15) is 35.0 Å². The summed E-state index contributed by atoms with van der Waals surface area (Å²) in [5.74, 6) is 0.0201. The number of thiophene rings is 1. The number of aryl methyl sites for hydroxylation is 1. The first-order valence-corrected chi connectivity index (χ1v) is 9.38. The minimum Gasteiger partial charge on any atom is -0.389 e. The molecule has 3 atom stereocenters. The fourth-order valence-corrected chi connectivity index (χ4v) is 4.55. The normalized spacial score (nSPS) is 28.1. The van der Waals surface area contributed by atoms with Crippen molar-refractivity contribution < 1.29 is 14.7 Å². The molecule has 1 aromatic rings. The second-order valence-electron chi connectivity index (χ2n) is 6.69. The van der Waals surface area contributed by atoms with Gasteiger partial charge in [0.25, 0.3) is 5.91 Å². The molecule has 2 fully saturated rings. The van der Waals surface area contributed by atoms with Crippen molar-refractivity contribution >= 4 is 23.2 Å². The zero-order chi connectivity index (χ0) is 17.3. The highest BCUT2D eigenvalue weighted by molar-refractivity contribution is 7.12. The summed E-state index contributed by atoms with van der Waals surface area (Å²) in [6.07, 6.45) is 1.10. The lowest BCUT2D eigenvalue weighted by Crippen LogP contribution is -2.55. The third kappa shape index (κ3) is 3.48. The number of aliphatic hydroxyl groups is 1. The molecule has 3 rings (SSSR count). The first-order valence-electron chi connectivity index (χ1n) is 8.50. The molecule has 132 valence electrons. The number of amides is 2. The maximum atomic E-state index is 12.4. The minimum absolute atomic E-state index is 0.0637. The second-order valence-corrected chi connectivity index (χ2v) is 7.61. The molecule has 2 amide bonds. The lowest BCUT2D eigenvalue weighted by Gasteiger charge is -2.39. The molecular weight excluding hydrogens is 326 g/mol. The Labute approximate surface area is 146 Å². The SMILES string of the molecule is CC(=O)N1CCN([C@@H]2CC[C@@H](NC(=O)c3sccc3C)[C@H]2O)CC1. The Balaban J connectivity index is 1.55. The fraction of sp³-hybridized carbons (Fsp3) is 0.647. The van der Waals surface area contributed by atoms with Crippen LogP contribution in [0.25, 0.3) is 0 Å². The Hall–Kier alpha value is -1.44. The van der Waals surface area contributed by atoms with E-state index in [-0.39, 0.29) is 23.9 Å². The van der Waals surface area contributed by atoms with Crippen LogP contribution in [0.3, 0.4) is 0 Å². The maximum Gasteiger partial charge on any atom is 0.261 e. The molecule has 0 bridgehead atoms. The van der Waals surface area contributed by atoms with E-state index in [9.17, 15) is 14.7 Å². The second kappa shape index (κ2) is 7.21. The van der Waals surface area contributed by atoms with Crippen molar-refractivity contribution in [2.45, 2.75) is 44.9 Å². The summed E-state index contributed by atoms with van der Waals surface area (Å²) in [4.78, 5) is 28.6. The van der Waals surface area contributed by atoms with Gasteiger partial charge in [0.2, 0.25) is 5.91 Å². The molecule has 0 aromatic carbocycles. The fourth-order valence-electron chi connectivity index (χ4n) is 3.72. The smallest absolute Gasteiger partial charge is 0.261 e. The van der Waals surface area contributed by atoms with Gasteiger partial charge < -0.3 is 15.3 Å². The van der Waals surface area contributed by atoms with E-state index in [0.717, 1.165) is 36.4 Å². The Bertz CT molecular complexity index is 610. The molecule has 0 unspecified atom stereocenters. The van der Waals surface area contributed by atoms with Crippen LogP contribution in [0.15, 0.2) is 11.4 Å². The molecule has 1 aliphatic carbocycles. The van der Waals surface area contributed by atoms with Crippen molar-refractivity contribution in [3.63, 3.8) is 0 Å². The van der Waals surface area contributed by atoms with E-state index in [1.165, 1.54) is 11.3 Å². The van der Waals surface area contributed by atoms with Gasteiger partial charge in [0.15, 0.2) is 0 Å². The van der Waals surface area contributed by atoms with Gasteiger partial charge in [-0.1, -0.05) is 0 Å². The summed E-state index contributed by atoms with van der Waals surface area (Å²) < 4.78 is 0. The van der Waals surface area contributed by atoms with E-state index in [1.807, 2.05) is 23.3 Å². The van der Waals surface area contributed by atoms with Crippen LogP contribution in [-0.2, 0) is 4.79 Å². The lowest BCUT2D eigenvalue weighted by atomic mass is 10.1. The average molecular weight is 351 g/mol. The van der Waals surface area contributed by atoms with Crippen LogP contribution in [0.4, 0.5) is 0 Å². The van der Waals surface area contributed by atoms with E-state index in [1.54, 1.807) is 6.92 Å². The predicted molar refractivity (Wildman–Crippen MR) is 93.2 cm³/mol. The van der Waals surface area contributed by atoms with Crippen molar-refractivity contribution in [3.8, 4) is 0 Å². The largest absolute Gasteiger partial charge is 0.389 e. The van der Waals surface area contributed by atoms with Gasteiger partial charge in [-0.15, -0.1) is 11.3 Å².